The molecule has 2 aromatic rings. The number of piperidine rings is 1. The van der Waals surface area contributed by atoms with Gasteiger partial charge >= 0.3 is 5.97 Å². The first-order chi connectivity index (χ1) is 14.4. The van der Waals surface area contributed by atoms with E-state index in [1.54, 1.807) is 6.92 Å². The Balaban J connectivity index is 1.88. The predicted octanol–water partition coefficient (Wildman–Crippen LogP) is 1.80. The summed E-state index contributed by atoms with van der Waals surface area (Å²) < 4.78 is 24.7. The molecule has 0 aliphatic carbocycles. The summed E-state index contributed by atoms with van der Waals surface area (Å²) in [6.45, 7) is 2.68. The highest BCUT2D eigenvalue weighted by molar-refractivity contribution is 5.93. The van der Waals surface area contributed by atoms with Gasteiger partial charge < -0.3 is 14.4 Å². The Labute approximate surface area is 173 Å². The van der Waals surface area contributed by atoms with Gasteiger partial charge in [-0.2, -0.15) is 9.78 Å². The quantitative estimate of drug-likeness (QED) is 0.666. The maximum absolute atomic E-state index is 13.2. The molecule has 0 radical (unpaired) electrons. The maximum atomic E-state index is 13.2. The molecule has 2 heterocycles. The molecule has 0 N–H and O–H groups in total. The summed E-state index contributed by atoms with van der Waals surface area (Å²) in [6, 6.07) is 7.82. The van der Waals surface area contributed by atoms with Crippen molar-refractivity contribution < 1.29 is 23.5 Å². The van der Waals surface area contributed by atoms with E-state index in [0.717, 1.165) is 4.68 Å². The molecule has 0 unspecified atom stereocenters. The fourth-order valence-corrected chi connectivity index (χ4v) is 3.66. The van der Waals surface area contributed by atoms with Crippen molar-refractivity contribution >= 4 is 11.9 Å². The van der Waals surface area contributed by atoms with E-state index in [1.165, 1.54) is 48.4 Å². The van der Waals surface area contributed by atoms with Crippen molar-refractivity contribution in [3.63, 3.8) is 0 Å². The number of nitrogens with zero attached hydrogens (tertiary/aromatic N) is 3. The van der Waals surface area contributed by atoms with E-state index >= 15 is 0 Å². The lowest BCUT2D eigenvalue weighted by Crippen LogP contribution is -2.53. The second kappa shape index (κ2) is 9.17. The van der Waals surface area contributed by atoms with E-state index in [1.807, 2.05) is 0 Å². The Morgan fingerprint density at radius 3 is 2.60 bits per heavy atom. The van der Waals surface area contributed by atoms with Crippen molar-refractivity contribution in [2.24, 2.45) is 5.41 Å². The van der Waals surface area contributed by atoms with Gasteiger partial charge in [0, 0.05) is 26.3 Å². The molecule has 1 aromatic heterocycles. The van der Waals surface area contributed by atoms with Crippen LogP contribution in [0, 0.1) is 11.2 Å². The van der Waals surface area contributed by atoms with Crippen molar-refractivity contribution in [2.75, 3.05) is 33.4 Å². The Bertz CT molecular complexity index is 971. The zero-order chi connectivity index (χ0) is 21.7. The average Bonchev–Trinajstić information content (AvgIpc) is 2.75. The van der Waals surface area contributed by atoms with Gasteiger partial charge in [0.1, 0.15) is 16.9 Å². The molecule has 0 spiro atoms. The number of aromatic nitrogens is 2. The fourth-order valence-electron chi connectivity index (χ4n) is 3.66. The molecule has 1 aromatic carbocycles. The SMILES string of the molecule is CCOC(=O)[C@@]1(COC)CCCN(C(=O)c2ccc(=O)n(-c3ccc(F)cc3)n2)C1. The van der Waals surface area contributed by atoms with Gasteiger partial charge in [-0.3, -0.25) is 14.4 Å². The molecule has 30 heavy (non-hydrogen) atoms. The molecule has 1 saturated heterocycles. The minimum atomic E-state index is -0.940. The second-order valence-corrected chi connectivity index (χ2v) is 7.21. The average molecular weight is 417 g/mol. The first kappa shape index (κ1) is 21.6. The normalized spacial score (nSPS) is 18.8. The number of esters is 1. The largest absolute Gasteiger partial charge is 0.465 e. The van der Waals surface area contributed by atoms with Crippen LogP contribution in [0.15, 0.2) is 41.2 Å². The fraction of sp³-hybridized carbons (Fsp3) is 0.429. The molecule has 9 heteroatoms. The number of halogens is 1. The van der Waals surface area contributed by atoms with Crippen molar-refractivity contribution in [3.8, 4) is 5.69 Å². The number of carbonyl (C=O) groups is 2. The highest BCUT2D eigenvalue weighted by Gasteiger charge is 2.45. The summed E-state index contributed by atoms with van der Waals surface area (Å²) in [5.41, 5.74) is -0.993. The maximum Gasteiger partial charge on any atom is 0.316 e. The topological polar surface area (TPSA) is 90.7 Å². The lowest BCUT2D eigenvalue weighted by Gasteiger charge is -2.40. The number of hydrogen-bond acceptors (Lipinski definition) is 6. The molecule has 3 rings (SSSR count). The third-order valence-electron chi connectivity index (χ3n) is 5.08. The summed E-state index contributed by atoms with van der Waals surface area (Å²) in [6.07, 6.45) is 1.15. The molecule has 160 valence electrons. The summed E-state index contributed by atoms with van der Waals surface area (Å²) in [7, 11) is 1.50. The molecule has 1 aliphatic heterocycles. The summed E-state index contributed by atoms with van der Waals surface area (Å²) in [5, 5.41) is 4.17. The number of benzene rings is 1. The van der Waals surface area contributed by atoms with Crippen molar-refractivity contribution in [3.05, 3.63) is 58.3 Å². The second-order valence-electron chi connectivity index (χ2n) is 7.21. The van der Waals surface area contributed by atoms with E-state index < -0.39 is 28.7 Å². The van der Waals surface area contributed by atoms with Crippen LogP contribution in [0.3, 0.4) is 0 Å². The number of likely N-dealkylation sites (tertiary alicyclic amines) is 1. The lowest BCUT2D eigenvalue weighted by atomic mass is 9.80. The van der Waals surface area contributed by atoms with E-state index in [4.69, 9.17) is 9.47 Å². The number of hydrogen-bond donors (Lipinski definition) is 0. The van der Waals surface area contributed by atoms with Gasteiger partial charge in [-0.05, 0) is 50.1 Å². The van der Waals surface area contributed by atoms with Gasteiger partial charge in [0.25, 0.3) is 11.5 Å². The number of ether oxygens (including phenoxy) is 2. The minimum absolute atomic E-state index is 0.0519. The zero-order valence-electron chi connectivity index (χ0n) is 17.0. The van der Waals surface area contributed by atoms with Crippen molar-refractivity contribution in [2.45, 2.75) is 19.8 Å². The Kier molecular flexibility index (Phi) is 6.61. The highest BCUT2D eigenvalue weighted by Crippen LogP contribution is 2.32. The van der Waals surface area contributed by atoms with Gasteiger partial charge in [-0.25, -0.2) is 4.39 Å². The van der Waals surface area contributed by atoms with Crippen molar-refractivity contribution in [1.82, 2.24) is 14.7 Å². The summed E-state index contributed by atoms with van der Waals surface area (Å²) >= 11 is 0. The van der Waals surface area contributed by atoms with Gasteiger partial charge in [0.05, 0.1) is 18.9 Å². The molecule has 1 atom stereocenters. The molecular weight excluding hydrogens is 393 g/mol. The molecular formula is C21H24FN3O5. The van der Waals surface area contributed by atoms with E-state index in [9.17, 15) is 18.8 Å². The number of carbonyl (C=O) groups excluding carboxylic acids is 2. The van der Waals surface area contributed by atoms with Gasteiger partial charge in [-0.15, -0.1) is 0 Å². The van der Waals surface area contributed by atoms with Crippen LogP contribution in [0.25, 0.3) is 5.69 Å². The molecule has 0 saturated carbocycles. The minimum Gasteiger partial charge on any atom is -0.465 e. The van der Waals surface area contributed by atoms with Crippen LogP contribution in [0.2, 0.25) is 0 Å². The smallest absolute Gasteiger partial charge is 0.316 e. The Hall–Kier alpha value is -3.07. The first-order valence-electron chi connectivity index (χ1n) is 9.72. The molecule has 1 aliphatic rings. The Morgan fingerprint density at radius 1 is 1.20 bits per heavy atom. The standard InChI is InChI=1S/C21H24FN3O5/c1-3-30-20(28)21(14-29-2)11-4-12-24(13-21)19(27)17-9-10-18(26)25(23-17)16-7-5-15(22)6-8-16/h5-10H,3-4,11-14H2,1-2H3/t21-/m0/s1. The van der Waals surface area contributed by atoms with Crippen LogP contribution < -0.4 is 5.56 Å². The van der Waals surface area contributed by atoms with Gasteiger partial charge in [-0.1, -0.05) is 0 Å². The van der Waals surface area contributed by atoms with Crippen LogP contribution in [-0.4, -0.2) is 60.0 Å². The number of amides is 1. The first-order valence-corrected chi connectivity index (χ1v) is 9.72. The van der Waals surface area contributed by atoms with Crippen LogP contribution in [0.5, 0.6) is 0 Å². The summed E-state index contributed by atoms with van der Waals surface area (Å²) in [4.78, 5) is 39.4. The third-order valence-corrected chi connectivity index (χ3v) is 5.08. The number of methoxy groups -OCH3 is 1. The van der Waals surface area contributed by atoms with E-state index in [0.29, 0.717) is 25.1 Å². The molecule has 1 fully saturated rings. The van der Waals surface area contributed by atoms with Crippen LogP contribution in [-0.2, 0) is 14.3 Å². The van der Waals surface area contributed by atoms with Gasteiger partial charge in [0.2, 0.25) is 0 Å². The van der Waals surface area contributed by atoms with Gasteiger partial charge in [0.15, 0.2) is 0 Å². The predicted molar refractivity (Wildman–Crippen MR) is 106 cm³/mol. The van der Waals surface area contributed by atoms with Crippen LogP contribution in [0.1, 0.15) is 30.3 Å². The highest BCUT2D eigenvalue weighted by atomic mass is 19.1. The van der Waals surface area contributed by atoms with E-state index in [2.05, 4.69) is 5.10 Å². The van der Waals surface area contributed by atoms with Crippen LogP contribution in [0.4, 0.5) is 4.39 Å². The molecule has 0 bridgehead atoms. The zero-order valence-corrected chi connectivity index (χ0v) is 17.0. The summed E-state index contributed by atoms with van der Waals surface area (Å²) in [5.74, 6) is -1.25. The Morgan fingerprint density at radius 2 is 1.93 bits per heavy atom. The molecule has 8 nitrogen and oxygen atoms in total. The molecule has 1 amide bonds. The van der Waals surface area contributed by atoms with Crippen molar-refractivity contribution in [1.29, 1.82) is 0 Å². The van der Waals surface area contributed by atoms with Crippen LogP contribution >= 0.6 is 0 Å². The third kappa shape index (κ3) is 4.40. The lowest BCUT2D eigenvalue weighted by molar-refractivity contribution is -0.162. The number of rotatable bonds is 6. The van der Waals surface area contributed by atoms with E-state index in [-0.39, 0.29) is 25.5 Å². The monoisotopic (exact) mass is 417 g/mol.